The average molecular weight is 297 g/mol. The number of nitro groups is 1. The Balaban J connectivity index is 3.11. The van der Waals surface area contributed by atoms with Gasteiger partial charge >= 0.3 is 5.97 Å². The molecule has 0 saturated carbocycles. The number of aromatic nitrogens is 1. The van der Waals surface area contributed by atoms with Crippen LogP contribution in [-0.2, 0) is 11.3 Å². The minimum atomic E-state index is -1.41. The molecular formula is C13H19N3O5. The highest BCUT2D eigenvalue weighted by Gasteiger charge is 2.34. The van der Waals surface area contributed by atoms with Crippen molar-refractivity contribution in [3.8, 4) is 0 Å². The summed E-state index contributed by atoms with van der Waals surface area (Å²) in [5.41, 5.74) is -1.51. The summed E-state index contributed by atoms with van der Waals surface area (Å²) in [6, 6.07) is 1.16. The molecule has 0 aromatic carbocycles. The SMILES string of the molecule is CCCn1cc([N+](=O)[O-])cc1C(=O)NC(C)(CC)C(=O)O. The maximum absolute atomic E-state index is 12.2. The first kappa shape index (κ1) is 16.7. The Morgan fingerprint density at radius 2 is 2.10 bits per heavy atom. The van der Waals surface area contributed by atoms with Crippen molar-refractivity contribution in [1.82, 2.24) is 9.88 Å². The van der Waals surface area contributed by atoms with Gasteiger partial charge in [0.1, 0.15) is 11.2 Å². The molecule has 1 aromatic heterocycles. The third-order valence-electron chi connectivity index (χ3n) is 3.36. The number of aliphatic carboxylic acids is 1. The van der Waals surface area contributed by atoms with Gasteiger partial charge in [-0.15, -0.1) is 0 Å². The summed E-state index contributed by atoms with van der Waals surface area (Å²) >= 11 is 0. The Morgan fingerprint density at radius 1 is 1.48 bits per heavy atom. The molecule has 0 bridgehead atoms. The lowest BCUT2D eigenvalue weighted by molar-refractivity contribution is -0.384. The molecule has 116 valence electrons. The topological polar surface area (TPSA) is 114 Å². The van der Waals surface area contributed by atoms with E-state index in [1.807, 2.05) is 6.92 Å². The number of carbonyl (C=O) groups is 2. The number of hydrogen-bond acceptors (Lipinski definition) is 4. The van der Waals surface area contributed by atoms with Gasteiger partial charge in [0.2, 0.25) is 0 Å². The molecule has 1 heterocycles. The molecule has 0 aliphatic carbocycles. The summed E-state index contributed by atoms with van der Waals surface area (Å²) in [4.78, 5) is 33.7. The Bertz CT molecular complexity index is 566. The molecule has 1 rings (SSSR count). The molecule has 0 aliphatic heterocycles. The van der Waals surface area contributed by atoms with E-state index in [-0.39, 0.29) is 17.8 Å². The van der Waals surface area contributed by atoms with Crippen LogP contribution in [0.1, 0.15) is 44.1 Å². The molecule has 8 nitrogen and oxygen atoms in total. The molecule has 8 heteroatoms. The van der Waals surface area contributed by atoms with E-state index < -0.39 is 22.3 Å². The summed E-state index contributed by atoms with van der Waals surface area (Å²) in [6.45, 7) is 5.35. The van der Waals surface area contributed by atoms with E-state index in [0.717, 1.165) is 6.07 Å². The molecule has 0 fully saturated rings. The highest BCUT2D eigenvalue weighted by molar-refractivity contribution is 5.97. The van der Waals surface area contributed by atoms with E-state index in [0.29, 0.717) is 13.0 Å². The van der Waals surface area contributed by atoms with Crippen molar-refractivity contribution in [2.45, 2.75) is 45.7 Å². The quantitative estimate of drug-likeness (QED) is 0.588. The van der Waals surface area contributed by atoms with Gasteiger partial charge in [-0.05, 0) is 19.8 Å². The number of nitrogens with zero attached hydrogens (tertiary/aromatic N) is 2. The van der Waals surface area contributed by atoms with E-state index in [2.05, 4.69) is 5.32 Å². The zero-order valence-corrected chi connectivity index (χ0v) is 12.3. The van der Waals surface area contributed by atoms with Gasteiger partial charge in [0, 0.05) is 12.6 Å². The maximum atomic E-state index is 12.2. The second-order valence-electron chi connectivity index (χ2n) is 4.98. The average Bonchev–Trinajstić information content (AvgIpc) is 2.83. The fraction of sp³-hybridized carbons (Fsp3) is 0.538. The highest BCUT2D eigenvalue weighted by atomic mass is 16.6. The van der Waals surface area contributed by atoms with Crippen molar-refractivity contribution in [3.05, 3.63) is 28.1 Å². The monoisotopic (exact) mass is 297 g/mol. The summed E-state index contributed by atoms with van der Waals surface area (Å²) in [7, 11) is 0. The Hall–Kier alpha value is -2.38. The minimum Gasteiger partial charge on any atom is -0.480 e. The molecule has 2 N–H and O–H groups in total. The standard InChI is InChI=1S/C13H19N3O5/c1-4-6-15-8-9(16(20)21)7-10(15)11(17)14-13(3,5-2)12(18)19/h7-8H,4-6H2,1-3H3,(H,14,17)(H,18,19). The van der Waals surface area contributed by atoms with Crippen LogP contribution < -0.4 is 5.32 Å². The second kappa shape index (κ2) is 6.38. The van der Waals surface area contributed by atoms with Crippen molar-refractivity contribution >= 4 is 17.6 Å². The van der Waals surface area contributed by atoms with Gasteiger partial charge in [0.05, 0.1) is 11.1 Å². The van der Waals surface area contributed by atoms with Crippen molar-refractivity contribution < 1.29 is 19.6 Å². The molecule has 0 radical (unpaired) electrons. The largest absolute Gasteiger partial charge is 0.480 e. The molecule has 1 atom stereocenters. The lowest BCUT2D eigenvalue weighted by Crippen LogP contribution is -2.52. The predicted octanol–water partition coefficient (Wildman–Crippen LogP) is 1.79. The molecule has 21 heavy (non-hydrogen) atoms. The fourth-order valence-corrected chi connectivity index (χ4v) is 1.82. The van der Waals surface area contributed by atoms with Crippen LogP contribution in [0.2, 0.25) is 0 Å². The number of aryl methyl sites for hydroxylation is 1. The molecule has 1 unspecified atom stereocenters. The first-order valence-corrected chi connectivity index (χ1v) is 6.65. The fourth-order valence-electron chi connectivity index (χ4n) is 1.82. The summed E-state index contributed by atoms with van der Waals surface area (Å²) in [5.74, 6) is -1.79. The normalized spacial score (nSPS) is 13.5. The Kier molecular flexibility index (Phi) is 5.07. The van der Waals surface area contributed by atoms with Gasteiger partial charge in [-0.1, -0.05) is 13.8 Å². The number of rotatable bonds is 7. The smallest absolute Gasteiger partial charge is 0.329 e. The Labute approximate surface area is 121 Å². The first-order valence-electron chi connectivity index (χ1n) is 6.65. The molecule has 1 amide bonds. The zero-order valence-electron chi connectivity index (χ0n) is 12.3. The van der Waals surface area contributed by atoms with E-state index >= 15 is 0 Å². The van der Waals surface area contributed by atoms with Gasteiger partial charge in [-0.3, -0.25) is 14.9 Å². The van der Waals surface area contributed by atoms with Gasteiger partial charge < -0.3 is 15.0 Å². The summed E-state index contributed by atoms with van der Waals surface area (Å²) < 4.78 is 1.46. The Morgan fingerprint density at radius 3 is 2.52 bits per heavy atom. The maximum Gasteiger partial charge on any atom is 0.329 e. The van der Waals surface area contributed by atoms with Crippen molar-refractivity contribution in [2.24, 2.45) is 0 Å². The second-order valence-corrected chi connectivity index (χ2v) is 4.98. The third kappa shape index (κ3) is 3.59. The molecular weight excluding hydrogens is 278 g/mol. The third-order valence-corrected chi connectivity index (χ3v) is 3.36. The van der Waals surface area contributed by atoms with Crippen LogP contribution in [0.5, 0.6) is 0 Å². The van der Waals surface area contributed by atoms with Crippen molar-refractivity contribution in [3.63, 3.8) is 0 Å². The summed E-state index contributed by atoms with van der Waals surface area (Å²) in [5, 5.41) is 22.4. The van der Waals surface area contributed by atoms with Crippen LogP contribution in [-0.4, -0.2) is 32.0 Å². The van der Waals surface area contributed by atoms with E-state index in [9.17, 15) is 19.7 Å². The van der Waals surface area contributed by atoms with Gasteiger partial charge in [0.25, 0.3) is 11.6 Å². The van der Waals surface area contributed by atoms with Crippen molar-refractivity contribution in [2.75, 3.05) is 0 Å². The van der Waals surface area contributed by atoms with Gasteiger partial charge in [0.15, 0.2) is 0 Å². The van der Waals surface area contributed by atoms with Gasteiger partial charge in [-0.25, -0.2) is 4.79 Å². The minimum absolute atomic E-state index is 0.0875. The number of amides is 1. The first-order chi connectivity index (χ1) is 9.75. The lowest BCUT2D eigenvalue weighted by atomic mass is 9.99. The van der Waals surface area contributed by atoms with Crippen LogP contribution in [0.4, 0.5) is 5.69 Å². The molecule has 0 aliphatic rings. The molecule has 0 spiro atoms. The van der Waals surface area contributed by atoms with Crippen LogP contribution in [0.15, 0.2) is 12.3 Å². The van der Waals surface area contributed by atoms with E-state index in [4.69, 9.17) is 5.11 Å². The van der Waals surface area contributed by atoms with Crippen LogP contribution in [0.3, 0.4) is 0 Å². The number of carbonyl (C=O) groups excluding carboxylic acids is 1. The van der Waals surface area contributed by atoms with Crippen molar-refractivity contribution in [1.29, 1.82) is 0 Å². The van der Waals surface area contributed by atoms with Gasteiger partial charge in [-0.2, -0.15) is 0 Å². The zero-order chi connectivity index (χ0) is 16.2. The number of nitrogens with one attached hydrogen (secondary N) is 1. The van der Waals surface area contributed by atoms with Crippen LogP contribution in [0.25, 0.3) is 0 Å². The highest BCUT2D eigenvalue weighted by Crippen LogP contribution is 2.18. The van der Waals surface area contributed by atoms with Crippen LogP contribution in [0, 0.1) is 10.1 Å². The van der Waals surface area contributed by atoms with E-state index in [1.165, 1.54) is 17.7 Å². The van der Waals surface area contributed by atoms with Crippen LogP contribution >= 0.6 is 0 Å². The number of hydrogen-bond donors (Lipinski definition) is 2. The number of carboxylic acids is 1. The molecule has 0 saturated heterocycles. The summed E-state index contributed by atoms with van der Waals surface area (Å²) in [6.07, 6.45) is 2.17. The predicted molar refractivity (Wildman–Crippen MR) is 75.2 cm³/mol. The lowest BCUT2D eigenvalue weighted by Gasteiger charge is -2.24. The molecule has 1 aromatic rings. The number of carboxylic acid groups (broad SMARTS) is 1. The van der Waals surface area contributed by atoms with E-state index in [1.54, 1.807) is 6.92 Å².